The molecule has 0 saturated heterocycles. The zero-order valence-electron chi connectivity index (χ0n) is 10.2. The molecule has 0 unspecified atom stereocenters. The van der Waals surface area contributed by atoms with Crippen LogP contribution in [-0.2, 0) is 13.5 Å². The van der Waals surface area contributed by atoms with Gasteiger partial charge in [0.05, 0.1) is 17.1 Å². The molecule has 0 aliphatic rings. The number of nitrogens with zero attached hydrogens (tertiary/aromatic N) is 4. The predicted octanol–water partition coefficient (Wildman–Crippen LogP) is 2.03. The summed E-state index contributed by atoms with van der Waals surface area (Å²) in [6, 6.07) is 4.48. The van der Waals surface area contributed by atoms with Gasteiger partial charge in [-0.25, -0.2) is 4.98 Å². The molecular formula is C11H12ClN5O2. The maximum absolute atomic E-state index is 10.7. The molecule has 100 valence electrons. The molecule has 0 spiro atoms. The smallest absolute Gasteiger partial charge is 0.276 e. The van der Waals surface area contributed by atoms with E-state index in [0.29, 0.717) is 12.4 Å². The SMILES string of the molecule is Cn1nccc1CCNc1cc([N+](=O)[O-])cc(Cl)n1. The van der Waals surface area contributed by atoms with E-state index in [1.54, 1.807) is 10.9 Å². The minimum absolute atomic E-state index is 0.0805. The van der Waals surface area contributed by atoms with Crippen molar-refractivity contribution in [1.29, 1.82) is 0 Å². The molecule has 1 N–H and O–H groups in total. The van der Waals surface area contributed by atoms with Crippen LogP contribution in [0.15, 0.2) is 24.4 Å². The van der Waals surface area contributed by atoms with Crippen LogP contribution in [0.4, 0.5) is 11.5 Å². The summed E-state index contributed by atoms with van der Waals surface area (Å²) in [5.74, 6) is 0.390. The van der Waals surface area contributed by atoms with Crippen molar-refractivity contribution in [3.8, 4) is 0 Å². The maximum Gasteiger partial charge on any atom is 0.276 e. The van der Waals surface area contributed by atoms with Crippen LogP contribution >= 0.6 is 11.6 Å². The van der Waals surface area contributed by atoms with E-state index in [1.807, 2.05) is 13.1 Å². The van der Waals surface area contributed by atoms with E-state index < -0.39 is 4.92 Å². The zero-order valence-corrected chi connectivity index (χ0v) is 11.0. The molecule has 0 radical (unpaired) electrons. The fourth-order valence-electron chi connectivity index (χ4n) is 1.64. The van der Waals surface area contributed by atoms with E-state index >= 15 is 0 Å². The highest BCUT2D eigenvalue weighted by Gasteiger charge is 2.10. The minimum atomic E-state index is -0.500. The number of nitrogens with one attached hydrogen (secondary N) is 1. The first-order valence-corrected chi connectivity index (χ1v) is 5.97. The zero-order chi connectivity index (χ0) is 13.8. The summed E-state index contributed by atoms with van der Waals surface area (Å²) in [6.07, 6.45) is 2.45. The van der Waals surface area contributed by atoms with E-state index in [1.165, 1.54) is 12.1 Å². The molecule has 2 aromatic heterocycles. The van der Waals surface area contributed by atoms with E-state index in [0.717, 1.165) is 12.1 Å². The van der Waals surface area contributed by atoms with Gasteiger partial charge in [-0.05, 0) is 6.07 Å². The van der Waals surface area contributed by atoms with Gasteiger partial charge in [0.25, 0.3) is 5.69 Å². The van der Waals surface area contributed by atoms with Crippen LogP contribution in [0.3, 0.4) is 0 Å². The first-order chi connectivity index (χ1) is 9.06. The van der Waals surface area contributed by atoms with Gasteiger partial charge in [0.1, 0.15) is 11.0 Å². The highest BCUT2D eigenvalue weighted by atomic mass is 35.5. The molecule has 19 heavy (non-hydrogen) atoms. The molecule has 7 nitrogen and oxygen atoms in total. The molecular weight excluding hydrogens is 270 g/mol. The van der Waals surface area contributed by atoms with Crippen molar-refractivity contribution in [2.45, 2.75) is 6.42 Å². The summed E-state index contributed by atoms with van der Waals surface area (Å²) in [5.41, 5.74) is 0.979. The third kappa shape index (κ3) is 3.41. The number of aromatic nitrogens is 3. The van der Waals surface area contributed by atoms with Crippen molar-refractivity contribution >= 4 is 23.1 Å². The quantitative estimate of drug-likeness (QED) is 0.515. The number of hydrogen-bond acceptors (Lipinski definition) is 5. The molecule has 8 heteroatoms. The van der Waals surface area contributed by atoms with Gasteiger partial charge >= 0.3 is 0 Å². The highest BCUT2D eigenvalue weighted by molar-refractivity contribution is 6.29. The number of anilines is 1. The Kier molecular flexibility index (Phi) is 3.96. The fourth-order valence-corrected chi connectivity index (χ4v) is 1.85. The Bertz CT molecular complexity index is 599. The van der Waals surface area contributed by atoms with E-state index in [-0.39, 0.29) is 10.8 Å². The Hall–Kier alpha value is -2.15. The van der Waals surface area contributed by atoms with E-state index in [9.17, 15) is 10.1 Å². The topological polar surface area (TPSA) is 85.9 Å². The monoisotopic (exact) mass is 281 g/mol. The molecule has 0 fully saturated rings. The molecule has 0 saturated carbocycles. The third-order valence-electron chi connectivity index (χ3n) is 2.60. The van der Waals surface area contributed by atoms with Gasteiger partial charge < -0.3 is 5.32 Å². The summed E-state index contributed by atoms with van der Waals surface area (Å²) in [5, 5.41) is 17.8. The first kappa shape index (κ1) is 13.3. The van der Waals surface area contributed by atoms with Gasteiger partial charge in [0.15, 0.2) is 0 Å². The van der Waals surface area contributed by atoms with Crippen molar-refractivity contribution in [3.63, 3.8) is 0 Å². The van der Waals surface area contributed by atoms with Gasteiger partial charge in [-0.15, -0.1) is 0 Å². The van der Waals surface area contributed by atoms with Crippen molar-refractivity contribution < 1.29 is 4.92 Å². The van der Waals surface area contributed by atoms with Crippen LogP contribution in [0, 0.1) is 10.1 Å². The normalized spacial score (nSPS) is 10.4. The number of hydrogen-bond donors (Lipinski definition) is 1. The Labute approximate surface area is 114 Å². The number of pyridine rings is 1. The Morgan fingerprint density at radius 2 is 2.32 bits per heavy atom. The van der Waals surface area contributed by atoms with Gasteiger partial charge in [-0.3, -0.25) is 14.8 Å². The van der Waals surface area contributed by atoms with Gasteiger partial charge in [-0.2, -0.15) is 5.10 Å². The minimum Gasteiger partial charge on any atom is -0.369 e. The summed E-state index contributed by atoms with van der Waals surface area (Å²) in [6.45, 7) is 0.587. The second-order valence-corrected chi connectivity index (χ2v) is 4.30. The molecule has 0 amide bonds. The molecule has 0 aliphatic carbocycles. The lowest BCUT2D eigenvalue weighted by Gasteiger charge is -2.06. The largest absolute Gasteiger partial charge is 0.369 e. The van der Waals surface area contributed by atoms with Gasteiger partial charge in [0.2, 0.25) is 0 Å². The highest BCUT2D eigenvalue weighted by Crippen LogP contribution is 2.20. The van der Waals surface area contributed by atoms with Crippen molar-refractivity contribution in [2.24, 2.45) is 7.05 Å². The second kappa shape index (κ2) is 5.66. The molecule has 2 aromatic rings. The number of halogens is 1. The predicted molar refractivity (Wildman–Crippen MR) is 71.3 cm³/mol. The van der Waals surface area contributed by atoms with Gasteiger partial charge in [-0.1, -0.05) is 11.6 Å². The summed E-state index contributed by atoms with van der Waals surface area (Å²) in [7, 11) is 1.86. The lowest BCUT2D eigenvalue weighted by atomic mass is 10.3. The molecule has 0 bridgehead atoms. The molecule has 0 aromatic carbocycles. The maximum atomic E-state index is 10.7. The Morgan fingerprint density at radius 3 is 2.95 bits per heavy atom. The summed E-state index contributed by atoms with van der Waals surface area (Å²) < 4.78 is 1.77. The fraction of sp³-hybridized carbons (Fsp3) is 0.273. The first-order valence-electron chi connectivity index (χ1n) is 5.59. The van der Waals surface area contributed by atoms with Crippen molar-refractivity contribution in [3.05, 3.63) is 45.4 Å². The average molecular weight is 282 g/mol. The van der Waals surface area contributed by atoms with E-state index in [2.05, 4.69) is 15.4 Å². The van der Waals surface area contributed by atoms with Crippen LogP contribution in [0.1, 0.15) is 5.69 Å². The Morgan fingerprint density at radius 1 is 1.53 bits per heavy atom. The van der Waals surface area contributed by atoms with Crippen LogP contribution in [0.5, 0.6) is 0 Å². The molecule has 2 heterocycles. The second-order valence-electron chi connectivity index (χ2n) is 3.91. The van der Waals surface area contributed by atoms with Gasteiger partial charge in [0, 0.05) is 31.9 Å². The average Bonchev–Trinajstić information content (AvgIpc) is 2.74. The van der Waals surface area contributed by atoms with Crippen LogP contribution in [0.25, 0.3) is 0 Å². The van der Waals surface area contributed by atoms with Crippen molar-refractivity contribution in [2.75, 3.05) is 11.9 Å². The number of nitro groups is 1. The number of rotatable bonds is 5. The standard InChI is InChI=1S/C11H12ClN5O2/c1-16-8(3-5-14-16)2-4-13-11-7-9(17(18)19)6-10(12)15-11/h3,5-7H,2,4H2,1H3,(H,13,15). The molecule has 0 atom stereocenters. The van der Waals surface area contributed by atoms with Crippen LogP contribution in [0.2, 0.25) is 5.15 Å². The Balaban J connectivity index is 2.00. The van der Waals surface area contributed by atoms with Crippen LogP contribution in [-0.4, -0.2) is 26.2 Å². The summed E-state index contributed by atoms with van der Waals surface area (Å²) >= 11 is 5.73. The molecule has 2 rings (SSSR count). The van der Waals surface area contributed by atoms with Crippen LogP contribution < -0.4 is 5.32 Å². The lowest BCUT2D eigenvalue weighted by Crippen LogP contribution is -2.09. The van der Waals surface area contributed by atoms with E-state index in [4.69, 9.17) is 11.6 Å². The number of aryl methyl sites for hydroxylation is 1. The lowest BCUT2D eigenvalue weighted by molar-refractivity contribution is -0.384. The third-order valence-corrected chi connectivity index (χ3v) is 2.79. The molecule has 0 aliphatic heterocycles. The summed E-state index contributed by atoms with van der Waals surface area (Å²) in [4.78, 5) is 14.2. The van der Waals surface area contributed by atoms with Crippen molar-refractivity contribution in [1.82, 2.24) is 14.8 Å².